The SMILES string of the molecule is O=CN1CCN(C(=O)NCCCc2ccccc2)CC1. The lowest BCUT2D eigenvalue weighted by Gasteiger charge is -2.32. The molecular formula is C15H21N3O2. The number of amides is 3. The van der Waals surface area contributed by atoms with Crippen LogP contribution in [0.1, 0.15) is 12.0 Å². The van der Waals surface area contributed by atoms with Crippen LogP contribution in [0.3, 0.4) is 0 Å². The van der Waals surface area contributed by atoms with Crippen molar-refractivity contribution < 1.29 is 9.59 Å². The number of hydrogen-bond donors (Lipinski definition) is 1. The maximum absolute atomic E-state index is 11.9. The van der Waals surface area contributed by atoms with E-state index < -0.39 is 0 Å². The highest BCUT2D eigenvalue weighted by Crippen LogP contribution is 2.02. The lowest BCUT2D eigenvalue weighted by Crippen LogP contribution is -2.51. The molecule has 5 heteroatoms. The molecule has 5 nitrogen and oxygen atoms in total. The summed E-state index contributed by atoms with van der Waals surface area (Å²) in [5.41, 5.74) is 1.29. The Morgan fingerprint density at radius 3 is 2.50 bits per heavy atom. The number of benzene rings is 1. The van der Waals surface area contributed by atoms with Gasteiger partial charge in [0, 0.05) is 32.7 Å². The summed E-state index contributed by atoms with van der Waals surface area (Å²) >= 11 is 0. The molecule has 1 aromatic carbocycles. The highest BCUT2D eigenvalue weighted by Gasteiger charge is 2.19. The summed E-state index contributed by atoms with van der Waals surface area (Å²) in [6, 6.07) is 10.2. The fourth-order valence-corrected chi connectivity index (χ4v) is 2.27. The van der Waals surface area contributed by atoms with E-state index >= 15 is 0 Å². The molecule has 20 heavy (non-hydrogen) atoms. The Morgan fingerprint density at radius 2 is 1.85 bits per heavy atom. The number of aryl methyl sites for hydroxylation is 1. The molecule has 1 heterocycles. The summed E-state index contributed by atoms with van der Waals surface area (Å²) in [6.07, 6.45) is 2.75. The van der Waals surface area contributed by atoms with Crippen molar-refractivity contribution in [1.29, 1.82) is 0 Å². The number of carbonyl (C=O) groups excluding carboxylic acids is 2. The standard InChI is InChI=1S/C15H21N3O2/c19-13-17-9-11-18(12-10-17)15(20)16-8-4-7-14-5-2-1-3-6-14/h1-3,5-6,13H,4,7-12H2,(H,16,20). The second-order valence-electron chi connectivity index (χ2n) is 4.95. The minimum Gasteiger partial charge on any atom is -0.342 e. The van der Waals surface area contributed by atoms with Gasteiger partial charge in [0.15, 0.2) is 0 Å². The average Bonchev–Trinajstić information content (AvgIpc) is 2.52. The highest BCUT2D eigenvalue weighted by atomic mass is 16.2. The summed E-state index contributed by atoms with van der Waals surface area (Å²) in [6.45, 7) is 3.16. The van der Waals surface area contributed by atoms with Gasteiger partial charge in [-0.2, -0.15) is 0 Å². The number of hydrogen-bond acceptors (Lipinski definition) is 2. The topological polar surface area (TPSA) is 52.7 Å². The van der Waals surface area contributed by atoms with E-state index in [1.54, 1.807) is 9.80 Å². The van der Waals surface area contributed by atoms with Crippen molar-refractivity contribution in [1.82, 2.24) is 15.1 Å². The van der Waals surface area contributed by atoms with Gasteiger partial charge in [0.05, 0.1) is 0 Å². The largest absolute Gasteiger partial charge is 0.342 e. The number of nitrogens with one attached hydrogen (secondary N) is 1. The molecule has 0 aliphatic carbocycles. The molecule has 1 aliphatic heterocycles. The maximum atomic E-state index is 11.9. The van der Waals surface area contributed by atoms with Crippen molar-refractivity contribution in [3.8, 4) is 0 Å². The highest BCUT2D eigenvalue weighted by molar-refractivity contribution is 5.74. The molecule has 0 unspecified atom stereocenters. The van der Waals surface area contributed by atoms with E-state index in [0.717, 1.165) is 19.3 Å². The molecule has 0 radical (unpaired) electrons. The Kier molecular flexibility index (Phi) is 5.41. The third-order valence-corrected chi connectivity index (χ3v) is 3.51. The maximum Gasteiger partial charge on any atom is 0.317 e. The van der Waals surface area contributed by atoms with Gasteiger partial charge in [-0.1, -0.05) is 30.3 Å². The van der Waals surface area contributed by atoms with Gasteiger partial charge < -0.3 is 15.1 Å². The molecule has 0 aromatic heterocycles. The van der Waals surface area contributed by atoms with Gasteiger partial charge in [0.25, 0.3) is 0 Å². The lowest BCUT2D eigenvalue weighted by atomic mass is 10.1. The monoisotopic (exact) mass is 275 g/mol. The zero-order valence-corrected chi connectivity index (χ0v) is 11.6. The fraction of sp³-hybridized carbons (Fsp3) is 0.467. The van der Waals surface area contributed by atoms with Gasteiger partial charge in [0.2, 0.25) is 6.41 Å². The Bertz CT molecular complexity index is 428. The number of carbonyl (C=O) groups is 2. The Balaban J connectivity index is 1.62. The molecule has 0 spiro atoms. The Morgan fingerprint density at radius 1 is 1.15 bits per heavy atom. The van der Waals surface area contributed by atoms with E-state index in [1.807, 2.05) is 18.2 Å². The first-order chi connectivity index (χ1) is 9.79. The van der Waals surface area contributed by atoms with Gasteiger partial charge in [-0.25, -0.2) is 4.79 Å². The molecule has 1 saturated heterocycles. The van der Waals surface area contributed by atoms with Crippen molar-refractivity contribution in [3.05, 3.63) is 35.9 Å². The summed E-state index contributed by atoms with van der Waals surface area (Å²) in [5.74, 6) is 0. The summed E-state index contributed by atoms with van der Waals surface area (Å²) < 4.78 is 0. The van der Waals surface area contributed by atoms with E-state index in [0.29, 0.717) is 32.7 Å². The van der Waals surface area contributed by atoms with Crippen LogP contribution in [0, 0.1) is 0 Å². The molecule has 2 rings (SSSR count). The van der Waals surface area contributed by atoms with Crippen LogP contribution in [-0.4, -0.2) is 55.0 Å². The van der Waals surface area contributed by atoms with Crippen LogP contribution in [0.15, 0.2) is 30.3 Å². The number of rotatable bonds is 5. The van der Waals surface area contributed by atoms with Crippen LogP contribution in [0.5, 0.6) is 0 Å². The van der Waals surface area contributed by atoms with Crippen LogP contribution in [-0.2, 0) is 11.2 Å². The summed E-state index contributed by atoms with van der Waals surface area (Å²) in [4.78, 5) is 26.0. The molecule has 1 aliphatic rings. The van der Waals surface area contributed by atoms with Gasteiger partial charge in [-0.15, -0.1) is 0 Å². The lowest BCUT2D eigenvalue weighted by molar-refractivity contribution is -0.119. The summed E-state index contributed by atoms with van der Waals surface area (Å²) in [7, 11) is 0. The van der Waals surface area contributed by atoms with Gasteiger partial charge in [-0.05, 0) is 18.4 Å². The molecule has 0 bridgehead atoms. The Labute approximate surface area is 119 Å². The summed E-state index contributed by atoms with van der Waals surface area (Å²) in [5, 5.41) is 2.94. The molecule has 3 amide bonds. The molecule has 1 fully saturated rings. The van der Waals surface area contributed by atoms with E-state index in [4.69, 9.17) is 0 Å². The quantitative estimate of drug-likeness (QED) is 0.646. The number of urea groups is 1. The first-order valence-electron chi connectivity index (χ1n) is 7.05. The zero-order chi connectivity index (χ0) is 14.2. The Hall–Kier alpha value is -2.04. The third kappa shape index (κ3) is 4.26. The smallest absolute Gasteiger partial charge is 0.317 e. The van der Waals surface area contributed by atoms with E-state index in [9.17, 15) is 9.59 Å². The second-order valence-corrected chi connectivity index (χ2v) is 4.95. The van der Waals surface area contributed by atoms with Crippen molar-refractivity contribution >= 4 is 12.4 Å². The van der Waals surface area contributed by atoms with Gasteiger partial charge in [0.1, 0.15) is 0 Å². The zero-order valence-electron chi connectivity index (χ0n) is 11.6. The molecular weight excluding hydrogens is 254 g/mol. The molecule has 1 N–H and O–H groups in total. The van der Waals surface area contributed by atoms with Gasteiger partial charge >= 0.3 is 6.03 Å². The number of piperazine rings is 1. The van der Waals surface area contributed by atoms with Crippen LogP contribution in [0.25, 0.3) is 0 Å². The first-order valence-corrected chi connectivity index (χ1v) is 7.05. The van der Waals surface area contributed by atoms with Crippen molar-refractivity contribution in [2.45, 2.75) is 12.8 Å². The fourth-order valence-electron chi connectivity index (χ4n) is 2.27. The first kappa shape index (κ1) is 14.4. The molecule has 0 saturated carbocycles. The van der Waals surface area contributed by atoms with Gasteiger partial charge in [-0.3, -0.25) is 4.79 Å². The van der Waals surface area contributed by atoms with Crippen molar-refractivity contribution in [2.75, 3.05) is 32.7 Å². The van der Waals surface area contributed by atoms with E-state index in [1.165, 1.54) is 5.56 Å². The minimum atomic E-state index is -0.0244. The third-order valence-electron chi connectivity index (χ3n) is 3.51. The molecule has 108 valence electrons. The second kappa shape index (κ2) is 7.53. The van der Waals surface area contributed by atoms with E-state index in [2.05, 4.69) is 17.4 Å². The van der Waals surface area contributed by atoms with Crippen LogP contribution >= 0.6 is 0 Å². The minimum absolute atomic E-state index is 0.0244. The van der Waals surface area contributed by atoms with Crippen LogP contribution in [0.2, 0.25) is 0 Å². The van der Waals surface area contributed by atoms with Crippen molar-refractivity contribution in [3.63, 3.8) is 0 Å². The van der Waals surface area contributed by atoms with Crippen LogP contribution in [0.4, 0.5) is 4.79 Å². The number of nitrogens with zero attached hydrogens (tertiary/aromatic N) is 2. The van der Waals surface area contributed by atoms with E-state index in [-0.39, 0.29) is 6.03 Å². The molecule has 0 atom stereocenters. The van der Waals surface area contributed by atoms with Crippen molar-refractivity contribution in [2.24, 2.45) is 0 Å². The predicted octanol–water partition coefficient (Wildman–Crippen LogP) is 1.10. The normalized spacial score (nSPS) is 15.0. The predicted molar refractivity (Wildman–Crippen MR) is 77.4 cm³/mol. The molecule has 1 aromatic rings. The average molecular weight is 275 g/mol. The van der Waals surface area contributed by atoms with Crippen LogP contribution < -0.4 is 5.32 Å².